The number of nitrogens with one attached hydrogen (secondary N) is 1. The molecule has 0 bridgehead atoms. The van der Waals surface area contributed by atoms with Crippen LogP contribution in [0.4, 0.5) is 0 Å². The standard InChI is InChI=1S/C20H26N2O3/c23-19(12-14-4-2-1-3-5-14)22-9-6-15(7-10-22)20(24)21-17-13-18-16(17)8-11-25-18/h1-5,15-18H,6-13H2,(H,21,24)/t16-,17+,18+/m0/s1. The summed E-state index contributed by atoms with van der Waals surface area (Å²) in [6, 6.07) is 10.1. The maximum atomic E-state index is 12.5. The molecule has 1 aromatic rings. The third kappa shape index (κ3) is 3.56. The Morgan fingerprint density at radius 2 is 1.88 bits per heavy atom. The number of likely N-dealkylation sites (tertiary alicyclic amines) is 1. The summed E-state index contributed by atoms with van der Waals surface area (Å²) in [4.78, 5) is 26.8. The first-order valence-electron chi connectivity index (χ1n) is 9.44. The molecular weight excluding hydrogens is 316 g/mol. The van der Waals surface area contributed by atoms with Crippen molar-refractivity contribution in [3.63, 3.8) is 0 Å². The molecule has 1 saturated carbocycles. The minimum Gasteiger partial charge on any atom is -0.378 e. The summed E-state index contributed by atoms with van der Waals surface area (Å²) >= 11 is 0. The van der Waals surface area contributed by atoms with Crippen LogP contribution >= 0.6 is 0 Å². The van der Waals surface area contributed by atoms with Gasteiger partial charge in [-0.2, -0.15) is 0 Å². The Morgan fingerprint density at radius 1 is 1.12 bits per heavy atom. The zero-order valence-electron chi connectivity index (χ0n) is 14.5. The highest BCUT2D eigenvalue weighted by Gasteiger charge is 2.46. The maximum Gasteiger partial charge on any atom is 0.226 e. The summed E-state index contributed by atoms with van der Waals surface area (Å²) in [5.74, 6) is 0.902. The molecule has 1 aliphatic carbocycles. The van der Waals surface area contributed by atoms with Crippen LogP contribution in [0.3, 0.4) is 0 Å². The number of carbonyl (C=O) groups is 2. The van der Waals surface area contributed by atoms with Crippen LogP contribution in [0.2, 0.25) is 0 Å². The second kappa shape index (κ2) is 7.16. The van der Waals surface area contributed by atoms with Crippen molar-refractivity contribution in [2.75, 3.05) is 19.7 Å². The van der Waals surface area contributed by atoms with Gasteiger partial charge >= 0.3 is 0 Å². The second-order valence-corrected chi connectivity index (χ2v) is 7.53. The summed E-state index contributed by atoms with van der Waals surface area (Å²) in [6.45, 7) is 2.21. The van der Waals surface area contributed by atoms with Crippen molar-refractivity contribution in [2.24, 2.45) is 11.8 Å². The van der Waals surface area contributed by atoms with E-state index >= 15 is 0 Å². The predicted octanol–water partition coefficient (Wildman–Crippen LogP) is 1.76. The van der Waals surface area contributed by atoms with Gasteiger partial charge < -0.3 is 15.0 Å². The van der Waals surface area contributed by atoms with Crippen LogP contribution in [0.1, 0.15) is 31.2 Å². The summed E-state index contributed by atoms with van der Waals surface area (Å²) in [5.41, 5.74) is 1.05. The van der Waals surface area contributed by atoms with Crippen molar-refractivity contribution in [3.05, 3.63) is 35.9 Å². The van der Waals surface area contributed by atoms with Crippen LogP contribution in [0.5, 0.6) is 0 Å². The van der Waals surface area contributed by atoms with Gasteiger partial charge in [0.15, 0.2) is 0 Å². The first-order chi connectivity index (χ1) is 12.2. The highest BCUT2D eigenvalue weighted by Crippen LogP contribution is 2.38. The lowest BCUT2D eigenvalue weighted by Crippen LogP contribution is -2.55. The summed E-state index contributed by atoms with van der Waals surface area (Å²) < 4.78 is 5.60. The Bertz CT molecular complexity index is 625. The number of nitrogens with zero attached hydrogens (tertiary/aromatic N) is 1. The number of benzene rings is 1. The minimum atomic E-state index is 0.0437. The van der Waals surface area contributed by atoms with Crippen molar-refractivity contribution in [2.45, 2.75) is 44.2 Å². The topological polar surface area (TPSA) is 58.6 Å². The van der Waals surface area contributed by atoms with E-state index in [4.69, 9.17) is 4.74 Å². The van der Waals surface area contributed by atoms with E-state index in [9.17, 15) is 9.59 Å². The smallest absolute Gasteiger partial charge is 0.226 e. The number of piperidine rings is 1. The zero-order valence-corrected chi connectivity index (χ0v) is 14.5. The molecule has 1 N–H and O–H groups in total. The highest BCUT2D eigenvalue weighted by molar-refractivity contribution is 5.81. The fraction of sp³-hybridized carbons (Fsp3) is 0.600. The Hall–Kier alpha value is -1.88. The van der Waals surface area contributed by atoms with Gasteiger partial charge in [0.2, 0.25) is 11.8 Å². The molecular formula is C20H26N2O3. The first kappa shape index (κ1) is 16.6. The van der Waals surface area contributed by atoms with Crippen LogP contribution < -0.4 is 5.32 Å². The van der Waals surface area contributed by atoms with Gasteiger partial charge in [-0.05, 0) is 31.2 Å². The highest BCUT2D eigenvalue weighted by atomic mass is 16.5. The molecule has 0 radical (unpaired) electrons. The van der Waals surface area contributed by atoms with Crippen molar-refractivity contribution in [3.8, 4) is 0 Å². The van der Waals surface area contributed by atoms with Crippen LogP contribution in [0, 0.1) is 11.8 Å². The number of hydrogen-bond donors (Lipinski definition) is 1. The fourth-order valence-electron chi connectivity index (χ4n) is 4.34. The molecule has 5 nitrogen and oxygen atoms in total. The molecule has 25 heavy (non-hydrogen) atoms. The fourth-order valence-corrected chi connectivity index (χ4v) is 4.34. The average molecular weight is 342 g/mol. The van der Waals surface area contributed by atoms with E-state index in [0.717, 1.165) is 37.9 Å². The number of carbonyl (C=O) groups excluding carboxylic acids is 2. The van der Waals surface area contributed by atoms with Crippen molar-refractivity contribution >= 4 is 11.8 Å². The van der Waals surface area contributed by atoms with Gasteiger partial charge in [-0.25, -0.2) is 0 Å². The molecule has 2 heterocycles. The van der Waals surface area contributed by atoms with Crippen molar-refractivity contribution in [1.82, 2.24) is 10.2 Å². The molecule has 0 aromatic heterocycles. The van der Waals surface area contributed by atoms with Crippen LogP contribution in [-0.2, 0) is 20.7 Å². The number of ether oxygens (including phenoxy) is 1. The van der Waals surface area contributed by atoms with E-state index in [2.05, 4.69) is 5.32 Å². The summed E-state index contributed by atoms with van der Waals surface area (Å²) in [6.07, 6.45) is 4.39. The maximum absolute atomic E-state index is 12.5. The van der Waals surface area contributed by atoms with Crippen molar-refractivity contribution < 1.29 is 14.3 Å². The van der Waals surface area contributed by atoms with E-state index in [1.54, 1.807) is 0 Å². The molecule has 3 aliphatic rings. The van der Waals surface area contributed by atoms with Crippen LogP contribution in [0.15, 0.2) is 30.3 Å². The normalized spacial score (nSPS) is 29.0. The molecule has 5 heteroatoms. The molecule has 3 atom stereocenters. The molecule has 2 aliphatic heterocycles. The third-order valence-electron chi connectivity index (χ3n) is 6.01. The Labute approximate surface area is 148 Å². The van der Waals surface area contributed by atoms with Crippen LogP contribution in [0.25, 0.3) is 0 Å². The molecule has 4 rings (SSSR count). The lowest BCUT2D eigenvalue weighted by molar-refractivity contribution is -0.136. The summed E-state index contributed by atoms with van der Waals surface area (Å²) in [7, 11) is 0. The molecule has 2 saturated heterocycles. The molecule has 1 aromatic carbocycles. The van der Waals surface area contributed by atoms with E-state index in [-0.39, 0.29) is 17.7 Å². The van der Waals surface area contributed by atoms with E-state index in [1.807, 2.05) is 35.2 Å². The van der Waals surface area contributed by atoms with E-state index < -0.39 is 0 Å². The minimum absolute atomic E-state index is 0.0437. The van der Waals surface area contributed by atoms with E-state index in [1.165, 1.54) is 0 Å². The number of rotatable bonds is 4. The monoisotopic (exact) mass is 342 g/mol. The quantitative estimate of drug-likeness (QED) is 0.907. The molecule has 2 amide bonds. The van der Waals surface area contributed by atoms with Gasteiger partial charge in [-0.15, -0.1) is 0 Å². The molecule has 3 fully saturated rings. The van der Waals surface area contributed by atoms with Crippen molar-refractivity contribution in [1.29, 1.82) is 0 Å². The lowest BCUT2D eigenvalue weighted by atomic mass is 9.76. The predicted molar refractivity (Wildman–Crippen MR) is 93.8 cm³/mol. The SMILES string of the molecule is O=C(N[C@@H]1C[C@H]2OCC[C@@H]12)C1CCN(C(=O)Cc2ccccc2)CC1. The second-order valence-electron chi connectivity index (χ2n) is 7.53. The van der Waals surface area contributed by atoms with E-state index in [0.29, 0.717) is 37.6 Å². The lowest BCUT2D eigenvalue weighted by Gasteiger charge is -2.40. The van der Waals surface area contributed by atoms with Gasteiger partial charge in [0.05, 0.1) is 12.5 Å². The Kier molecular flexibility index (Phi) is 4.75. The summed E-state index contributed by atoms with van der Waals surface area (Å²) in [5, 5.41) is 3.22. The number of fused-ring (bicyclic) bond motifs is 1. The zero-order chi connectivity index (χ0) is 17.2. The van der Waals surface area contributed by atoms with Crippen LogP contribution in [-0.4, -0.2) is 48.6 Å². The van der Waals surface area contributed by atoms with Gasteiger partial charge in [0.1, 0.15) is 0 Å². The van der Waals surface area contributed by atoms with Gasteiger partial charge in [0, 0.05) is 37.6 Å². The largest absolute Gasteiger partial charge is 0.378 e. The molecule has 134 valence electrons. The van der Waals surface area contributed by atoms with Gasteiger partial charge in [-0.3, -0.25) is 9.59 Å². The molecule has 0 unspecified atom stereocenters. The van der Waals surface area contributed by atoms with Gasteiger partial charge in [0.25, 0.3) is 0 Å². The third-order valence-corrected chi connectivity index (χ3v) is 6.01. The average Bonchev–Trinajstić information content (AvgIpc) is 3.01. The first-order valence-corrected chi connectivity index (χ1v) is 9.44. The molecule has 0 spiro atoms. The Morgan fingerprint density at radius 3 is 2.60 bits per heavy atom. The Balaban J connectivity index is 1.22. The number of amides is 2. The number of hydrogen-bond acceptors (Lipinski definition) is 3. The van der Waals surface area contributed by atoms with Gasteiger partial charge in [-0.1, -0.05) is 30.3 Å².